The van der Waals surface area contributed by atoms with E-state index < -0.39 is 0 Å². The molecule has 4 nitrogen and oxygen atoms in total. The van der Waals surface area contributed by atoms with Crippen molar-refractivity contribution in [3.8, 4) is 0 Å². The number of nitrogens with zero attached hydrogens (tertiary/aromatic N) is 3. The molecule has 2 aromatic heterocycles. The van der Waals surface area contributed by atoms with Crippen LogP contribution in [-0.2, 0) is 13.0 Å². The summed E-state index contributed by atoms with van der Waals surface area (Å²) in [6.45, 7) is 12.4. The zero-order chi connectivity index (χ0) is 14.7. The van der Waals surface area contributed by atoms with E-state index >= 15 is 0 Å². The van der Waals surface area contributed by atoms with Gasteiger partial charge in [0, 0.05) is 17.8 Å². The van der Waals surface area contributed by atoms with Crippen LogP contribution in [0.5, 0.6) is 0 Å². The molecule has 110 valence electrons. The van der Waals surface area contributed by atoms with E-state index in [-0.39, 0.29) is 6.04 Å². The third-order valence-electron chi connectivity index (χ3n) is 3.49. The molecule has 0 saturated heterocycles. The Morgan fingerprint density at radius 2 is 2.05 bits per heavy atom. The number of likely N-dealkylation sites (N-methyl/N-ethyl adjacent to an activating group) is 1. The van der Waals surface area contributed by atoms with Crippen LogP contribution in [0.15, 0.2) is 6.07 Å². The molecule has 0 saturated carbocycles. The predicted octanol–water partition coefficient (Wildman–Crippen LogP) is 3.18. The van der Waals surface area contributed by atoms with E-state index in [9.17, 15) is 0 Å². The van der Waals surface area contributed by atoms with Crippen molar-refractivity contribution in [1.82, 2.24) is 20.1 Å². The number of rotatable bonds is 6. The average molecular weight is 292 g/mol. The van der Waals surface area contributed by atoms with Crippen molar-refractivity contribution in [1.29, 1.82) is 0 Å². The van der Waals surface area contributed by atoms with Crippen LogP contribution >= 0.6 is 11.3 Å². The highest BCUT2D eigenvalue weighted by atomic mass is 32.1. The topological polar surface area (TPSA) is 42.7 Å². The van der Waals surface area contributed by atoms with E-state index in [4.69, 9.17) is 0 Å². The second-order valence-corrected chi connectivity index (χ2v) is 6.38. The molecule has 0 aliphatic carbocycles. The van der Waals surface area contributed by atoms with Gasteiger partial charge in [0.1, 0.15) is 0 Å². The summed E-state index contributed by atoms with van der Waals surface area (Å²) >= 11 is 1.80. The first kappa shape index (κ1) is 15.2. The van der Waals surface area contributed by atoms with Crippen LogP contribution in [0.3, 0.4) is 0 Å². The molecular weight excluding hydrogens is 268 g/mol. The van der Waals surface area contributed by atoms with Crippen molar-refractivity contribution in [3.63, 3.8) is 0 Å². The van der Waals surface area contributed by atoms with Gasteiger partial charge in [0.2, 0.25) is 0 Å². The molecule has 1 atom stereocenters. The van der Waals surface area contributed by atoms with Crippen molar-refractivity contribution in [3.05, 3.63) is 33.0 Å². The van der Waals surface area contributed by atoms with Gasteiger partial charge in [-0.15, -0.1) is 11.3 Å². The first-order valence-electron chi connectivity index (χ1n) is 7.25. The molecule has 2 rings (SSSR count). The third-order valence-corrected chi connectivity index (χ3v) is 4.59. The quantitative estimate of drug-likeness (QED) is 0.889. The lowest BCUT2D eigenvalue weighted by atomic mass is 10.1. The molecule has 0 radical (unpaired) electrons. The van der Waals surface area contributed by atoms with Crippen LogP contribution in [0.4, 0.5) is 0 Å². The fraction of sp³-hybridized carbons (Fsp3) is 0.600. The van der Waals surface area contributed by atoms with Gasteiger partial charge < -0.3 is 5.32 Å². The van der Waals surface area contributed by atoms with Crippen LogP contribution in [0.2, 0.25) is 0 Å². The van der Waals surface area contributed by atoms with Gasteiger partial charge in [-0.25, -0.2) is 4.98 Å². The zero-order valence-electron chi connectivity index (χ0n) is 13.0. The van der Waals surface area contributed by atoms with Gasteiger partial charge in [-0.3, -0.25) is 4.68 Å². The van der Waals surface area contributed by atoms with E-state index in [1.54, 1.807) is 11.3 Å². The predicted molar refractivity (Wildman–Crippen MR) is 84.3 cm³/mol. The summed E-state index contributed by atoms with van der Waals surface area (Å²) in [5, 5.41) is 9.33. The molecule has 0 bridgehead atoms. The van der Waals surface area contributed by atoms with E-state index in [1.165, 1.54) is 15.6 Å². The molecule has 0 aliphatic heterocycles. The fourth-order valence-electron chi connectivity index (χ4n) is 2.43. The summed E-state index contributed by atoms with van der Waals surface area (Å²) in [7, 11) is 0. The van der Waals surface area contributed by atoms with Crippen molar-refractivity contribution in [2.45, 2.75) is 53.6 Å². The Morgan fingerprint density at radius 3 is 2.60 bits per heavy atom. The molecule has 2 aromatic rings. The van der Waals surface area contributed by atoms with Crippen molar-refractivity contribution >= 4 is 11.3 Å². The highest BCUT2D eigenvalue weighted by Gasteiger charge is 2.18. The minimum atomic E-state index is 0.283. The maximum atomic E-state index is 4.67. The van der Waals surface area contributed by atoms with Gasteiger partial charge in [0.25, 0.3) is 0 Å². The first-order chi connectivity index (χ1) is 9.55. The van der Waals surface area contributed by atoms with Gasteiger partial charge in [-0.05, 0) is 40.3 Å². The van der Waals surface area contributed by atoms with Gasteiger partial charge >= 0.3 is 0 Å². The molecule has 2 heterocycles. The maximum Gasteiger partial charge on any atom is 0.0950 e. The molecule has 20 heavy (non-hydrogen) atoms. The van der Waals surface area contributed by atoms with E-state index in [1.807, 2.05) is 0 Å². The number of aryl methyl sites for hydroxylation is 4. The van der Waals surface area contributed by atoms with Crippen LogP contribution in [-0.4, -0.2) is 21.3 Å². The normalized spacial score (nSPS) is 12.8. The lowest BCUT2D eigenvalue weighted by Crippen LogP contribution is -2.25. The highest BCUT2D eigenvalue weighted by molar-refractivity contribution is 7.11. The van der Waals surface area contributed by atoms with Crippen LogP contribution < -0.4 is 5.32 Å². The summed E-state index contributed by atoms with van der Waals surface area (Å²) in [6, 6.07) is 2.47. The van der Waals surface area contributed by atoms with Crippen molar-refractivity contribution < 1.29 is 0 Å². The molecule has 1 unspecified atom stereocenters. The largest absolute Gasteiger partial charge is 0.309 e. The van der Waals surface area contributed by atoms with E-state index in [2.05, 4.69) is 60.8 Å². The number of thiazole rings is 1. The van der Waals surface area contributed by atoms with Crippen LogP contribution in [0.1, 0.15) is 46.9 Å². The van der Waals surface area contributed by atoms with Gasteiger partial charge in [0.15, 0.2) is 0 Å². The molecule has 0 amide bonds. The Hall–Kier alpha value is -1.20. The van der Waals surface area contributed by atoms with Gasteiger partial charge in [-0.1, -0.05) is 6.92 Å². The smallest absolute Gasteiger partial charge is 0.0950 e. The van der Waals surface area contributed by atoms with Crippen molar-refractivity contribution in [2.24, 2.45) is 0 Å². The Morgan fingerprint density at radius 1 is 1.30 bits per heavy atom. The lowest BCUT2D eigenvalue weighted by Gasteiger charge is -2.17. The Balaban J connectivity index is 2.26. The van der Waals surface area contributed by atoms with Gasteiger partial charge in [-0.2, -0.15) is 5.10 Å². The molecule has 1 N–H and O–H groups in total. The molecule has 0 aromatic carbocycles. The Kier molecular flexibility index (Phi) is 4.94. The Bertz CT molecular complexity index is 551. The second kappa shape index (κ2) is 6.50. The number of hydrogen-bond donors (Lipinski definition) is 1. The third kappa shape index (κ3) is 3.27. The first-order valence-corrected chi connectivity index (χ1v) is 8.07. The summed E-state index contributed by atoms with van der Waals surface area (Å²) in [5.74, 6) is 0. The Labute approximate surface area is 125 Å². The van der Waals surface area contributed by atoms with Gasteiger partial charge in [0.05, 0.1) is 28.1 Å². The highest BCUT2D eigenvalue weighted by Crippen LogP contribution is 2.24. The maximum absolute atomic E-state index is 4.67. The lowest BCUT2D eigenvalue weighted by molar-refractivity contribution is 0.489. The summed E-state index contributed by atoms with van der Waals surface area (Å²) < 4.78 is 2.09. The minimum absolute atomic E-state index is 0.283. The number of nitrogens with one attached hydrogen (secondary N) is 1. The van der Waals surface area contributed by atoms with E-state index in [0.717, 1.165) is 30.9 Å². The fourth-order valence-corrected chi connectivity index (χ4v) is 3.41. The molecule has 5 heteroatoms. The minimum Gasteiger partial charge on any atom is -0.309 e. The molecule has 0 aliphatic rings. The molecule has 0 spiro atoms. The zero-order valence-corrected chi connectivity index (χ0v) is 13.8. The second-order valence-electron chi connectivity index (χ2n) is 5.09. The van der Waals surface area contributed by atoms with Crippen LogP contribution in [0.25, 0.3) is 0 Å². The van der Waals surface area contributed by atoms with Crippen molar-refractivity contribution in [2.75, 3.05) is 6.54 Å². The summed E-state index contributed by atoms with van der Waals surface area (Å²) in [4.78, 5) is 5.98. The average Bonchev–Trinajstić information content (AvgIpc) is 2.92. The van der Waals surface area contributed by atoms with Crippen LogP contribution in [0, 0.1) is 20.8 Å². The summed E-state index contributed by atoms with van der Waals surface area (Å²) in [5.41, 5.74) is 3.49. The number of aromatic nitrogens is 3. The summed E-state index contributed by atoms with van der Waals surface area (Å²) in [6.07, 6.45) is 0.929. The SMILES string of the molecule is CCNC(Cc1nc(C)c(C)s1)c1cc(C)nn1CC. The standard InChI is InChI=1S/C15H24N4S/c1-6-16-13(9-15-17-11(4)12(5)20-15)14-8-10(3)18-19(14)7-2/h8,13,16H,6-7,9H2,1-5H3. The number of hydrogen-bond acceptors (Lipinski definition) is 4. The monoisotopic (exact) mass is 292 g/mol. The molecule has 0 fully saturated rings. The van der Waals surface area contributed by atoms with E-state index in [0.29, 0.717) is 0 Å². The molecular formula is C15H24N4S.